The smallest absolute Gasteiger partial charge is 0.339 e. The Kier molecular flexibility index (Phi) is 8.09. The molecule has 2 aliphatic rings. The average molecular weight is 606 g/mol. The van der Waals surface area contributed by atoms with Gasteiger partial charge in [-0.2, -0.15) is 13.4 Å². The lowest BCUT2D eigenvalue weighted by Crippen LogP contribution is -2.52. The van der Waals surface area contributed by atoms with Gasteiger partial charge in [-0.25, -0.2) is 5.01 Å². The van der Waals surface area contributed by atoms with Crippen molar-refractivity contribution in [1.29, 1.82) is 0 Å². The van der Waals surface area contributed by atoms with Gasteiger partial charge in [-0.05, 0) is 68.3 Å². The highest BCUT2D eigenvalue weighted by molar-refractivity contribution is 7.87. The Bertz CT molecular complexity index is 1680. The predicted molar refractivity (Wildman–Crippen MR) is 151 cm³/mol. The quantitative estimate of drug-likeness (QED) is 0.115. The number of imide groups is 1. The van der Waals surface area contributed by atoms with Gasteiger partial charge in [0.15, 0.2) is 5.78 Å². The summed E-state index contributed by atoms with van der Waals surface area (Å²) in [5, 5.41) is 12.6. The molecule has 222 valence electrons. The summed E-state index contributed by atoms with van der Waals surface area (Å²) < 4.78 is 30.4. The number of aryl methyl sites for hydroxylation is 1. The molecule has 0 spiro atoms. The summed E-state index contributed by atoms with van der Waals surface area (Å²) >= 11 is 0. The second-order valence-corrected chi connectivity index (χ2v) is 12.0. The van der Waals surface area contributed by atoms with Crippen molar-refractivity contribution in [2.45, 2.75) is 37.5 Å². The number of nitro groups is 1. The van der Waals surface area contributed by atoms with Gasteiger partial charge in [-0.15, -0.1) is 0 Å². The maximum Gasteiger partial charge on any atom is 0.339 e. The van der Waals surface area contributed by atoms with Crippen LogP contribution in [0.2, 0.25) is 0 Å². The van der Waals surface area contributed by atoms with Gasteiger partial charge in [-0.1, -0.05) is 30.5 Å². The SMILES string of the molecule is Cc1ccc(S(=O)(=O)Oc2ccc(C(=O)CN(C(=O)c3ccc([N+](=O)[O-])cc3)N3C(=O)[C@@H]4CCCC[C@H]4C3=O)cc2)cc1. The lowest BCUT2D eigenvalue weighted by Gasteiger charge is -2.30. The first-order chi connectivity index (χ1) is 20.5. The zero-order chi connectivity index (χ0) is 30.9. The summed E-state index contributed by atoms with van der Waals surface area (Å²) in [4.78, 5) is 64.1. The number of ketones is 1. The molecule has 3 aromatic carbocycles. The maximum atomic E-state index is 13.6. The van der Waals surface area contributed by atoms with Gasteiger partial charge in [0.25, 0.3) is 23.4 Å². The molecule has 1 saturated carbocycles. The van der Waals surface area contributed by atoms with E-state index in [0.717, 1.165) is 40.6 Å². The lowest BCUT2D eigenvalue weighted by molar-refractivity contribution is -0.384. The third-order valence-corrected chi connectivity index (χ3v) is 8.87. The van der Waals surface area contributed by atoms with Crippen molar-refractivity contribution in [1.82, 2.24) is 10.0 Å². The monoisotopic (exact) mass is 605 g/mol. The molecule has 3 amide bonds. The van der Waals surface area contributed by atoms with E-state index < -0.39 is 56.9 Å². The van der Waals surface area contributed by atoms with Crippen LogP contribution >= 0.6 is 0 Å². The van der Waals surface area contributed by atoms with Crippen LogP contribution in [0.1, 0.15) is 52.0 Å². The molecule has 0 unspecified atom stereocenters. The molecule has 2 fully saturated rings. The number of hydrogen-bond donors (Lipinski definition) is 0. The van der Waals surface area contributed by atoms with Crippen LogP contribution in [0.25, 0.3) is 0 Å². The highest BCUT2D eigenvalue weighted by Crippen LogP contribution is 2.39. The van der Waals surface area contributed by atoms with Crippen molar-refractivity contribution in [3.05, 3.63) is 99.6 Å². The standard InChI is InChI=1S/C30H27N3O9S/c1-19-6-16-24(17-7-19)43(40,41)42-23-14-10-20(11-15-23)27(34)18-31(28(35)21-8-12-22(13-9-21)33(38)39)32-29(36)25-4-2-3-5-26(25)30(32)37/h6-17,25-26H,2-5,18H2,1H3/t25-,26-/m1/s1. The van der Waals surface area contributed by atoms with Gasteiger partial charge >= 0.3 is 10.1 Å². The molecule has 43 heavy (non-hydrogen) atoms. The first-order valence-corrected chi connectivity index (χ1v) is 15.0. The Morgan fingerprint density at radius 2 is 1.42 bits per heavy atom. The number of carbonyl (C=O) groups is 4. The van der Waals surface area contributed by atoms with Crippen molar-refractivity contribution < 1.29 is 36.7 Å². The normalized spacial score (nSPS) is 18.2. The minimum atomic E-state index is -4.13. The van der Waals surface area contributed by atoms with Crippen molar-refractivity contribution >= 4 is 39.3 Å². The number of amides is 3. The molecular formula is C30H27N3O9S. The van der Waals surface area contributed by atoms with E-state index in [4.69, 9.17) is 4.18 Å². The largest absolute Gasteiger partial charge is 0.379 e. The van der Waals surface area contributed by atoms with Crippen LogP contribution < -0.4 is 4.18 Å². The number of benzene rings is 3. The van der Waals surface area contributed by atoms with E-state index in [-0.39, 0.29) is 27.5 Å². The number of nitro benzene ring substituents is 1. The van der Waals surface area contributed by atoms with E-state index in [0.29, 0.717) is 12.8 Å². The Morgan fingerprint density at radius 1 is 0.884 bits per heavy atom. The third kappa shape index (κ3) is 6.02. The van der Waals surface area contributed by atoms with Crippen molar-refractivity contribution in [3.63, 3.8) is 0 Å². The van der Waals surface area contributed by atoms with Gasteiger partial charge in [0, 0.05) is 23.3 Å². The molecule has 0 radical (unpaired) electrons. The summed E-state index contributed by atoms with van der Waals surface area (Å²) in [5.41, 5.74) is 0.626. The van der Waals surface area contributed by atoms with Gasteiger partial charge in [0.2, 0.25) is 0 Å². The molecule has 1 aliphatic heterocycles. The van der Waals surface area contributed by atoms with E-state index >= 15 is 0 Å². The fraction of sp³-hybridized carbons (Fsp3) is 0.267. The molecular weight excluding hydrogens is 578 g/mol. The number of Topliss-reactive ketones (excluding diaryl/α,β-unsaturated/α-hetero) is 1. The van der Waals surface area contributed by atoms with Crippen LogP contribution in [0.15, 0.2) is 77.7 Å². The summed E-state index contributed by atoms with van der Waals surface area (Å²) in [6.45, 7) is 1.13. The summed E-state index contributed by atoms with van der Waals surface area (Å²) in [6, 6.07) is 15.9. The van der Waals surface area contributed by atoms with E-state index in [9.17, 15) is 37.7 Å². The topological polar surface area (TPSA) is 161 Å². The molecule has 5 rings (SSSR count). The summed E-state index contributed by atoms with van der Waals surface area (Å²) in [6.07, 6.45) is 2.51. The molecule has 0 N–H and O–H groups in total. The molecule has 1 saturated heterocycles. The maximum absolute atomic E-state index is 13.6. The fourth-order valence-corrected chi connectivity index (χ4v) is 6.22. The molecule has 3 aromatic rings. The zero-order valence-electron chi connectivity index (χ0n) is 23.0. The number of carbonyl (C=O) groups excluding carboxylic acids is 4. The van der Waals surface area contributed by atoms with E-state index in [1.807, 2.05) is 6.92 Å². The molecule has 0 bridgehead atoms. The Hall–Kier alpha value is -4.91. The third-order valence-electron chi connectivity index (χ3n) is 7.60. The average Bonchev–Trinajstić information content (AvgIpc) is 3.25. The van der Waals surface area contributed by atoms with Crippen LogP contribution in [-0.2, 0) is 19.7 Å². The van der Waals surface area contributed by atoms with Crippen molar-refractivity contribution in [2.24, 2.45) is 11.8 Å². The highest BCUT2D eigenvalue weighted by Gasteiger charge is 2.51. The van der Waals surface area contributed by atoms with Crippen LogP contribution in [-0.4, -0.2) is 53.4 Å². The Morgan fingerprint density at radius 3 is 1.95 bits per heavy atom. The first kappa shape index (κ1) is 29.6. The van der Waals surface area contributed by atoms with Crippen LogP contribution in [0.4, 0.5) is 5.69 Å². The second kappa shape index (κ2) is 11.8. The number of hydrogen-bond acceptors (Lipinski definition) is 9. The van der Waals surface area contributed by atoms with Gasteiger partial charge in [0.1, 0.15) is 17.2 Å². The van der Waals surface area contributed by atoms with Crippen molar-refractivity contribution in [3.8, 4) is 5.75 Å². The highest BCUT2D eigenvalue weighted by atomic mass is 32.2. The molecule has 1 heterocycles. The fourth-order valence-electron chi connectivity index (χ4n) is 5.29. The lowest BCUT2D eigenvalue weighted by atomic mass is 9.81. The molecule has 13 heteroatoms. The number of nitrogens with zero attached hydrogens (tertiary/aromatic N) is 3. The van der Waals surface area contributed by atoms with Crippen LogP contribution in [0, 0.1) is 28.9 Å². The molecule has 12 nitrogen and oxygen atoms in total. The van der Waals surface area contributed by atoms with Crippen LogP contribution in [0.3, 0.4) is 0 Å². The number of rotatable bonds is 9. The van der Waals surface area contributed by atoms with Gasteiger partial charge in [-0.3, -0.25) is 29.3 Å². The zero-order valence-corrected chi connectivity index (χ0v) is 23.9. The second-order valence-electron chi connectivity index (χ2n) is 10.5. The first-order valence-electron chi connectivity index (χ1n) is 13.5. The molecule has 0 aromatic heterocycles. The van der Waals surface area contributed by atoms with Crippen molar-refractivity contribution in [2.75, 3.05) is 6.54 Å². The van der Waals surface area contributed by atoms with Gasteiger partial charge < -0.3 is 4.18 Å². The Balaban J connectivity index is 1.39. The number of fused-ring (bicyclic) bond motifs is 1. The summed E-state index contributed by atoms with van der Waals surface area (Å²) in [5.74, 6) is -3.85. The number of non-ortho nitro benzene ring substituents is 1. The predicted octanol–water partition coefficient (Wildman–Crippen LogP) is 4.09. The minimum absolute atomic E-state index is 0.0424. The molecule has 1 aliphatic carbocycles. The van der Waals surface area contributed by atoms with Gasteiger partial charge in [0.05, 0.1) is 16.8 Å². The minimum Gasteiger partial charge on any atom is -0.379 e. The Labute approximate surface area is 247 Å². The summed E-state index contributed by atoms with van der Waals surface area (Å²) in [7, 11) is -4.13. The molecule has 2 atom stereocenters. The van der Waals surface area contributed by atoms with E-state index in [2.05, 4.69) is 0 Å². The van der Waals surface area contributed by atoms with E-state index in [1.54, 1.807) is 12.1 Å². The number of hydrazine groups is 1. The van der Waals surface area contributed by atoms with Crippen LogP contribution in [0.5, 0.6) is 5.75 Å². The van der Waals surface area contributed by atoms with E-state index in [1.165, 1.54) is 48.5 Å².